The van der Waals surface area contributed by atoms with Gasteiger partial charge in [-0.25, -0.2) is 4.39 Å². The van der Waals surface area contributed by atoms with Crippen molar-refractivity contribution in [3.05, 3.63) is 29.6 Å². The smallest absolute Gasteiger partial charge is 0.227 e. The van der Waals surface area contributed by atoms with Gasteiger partial charge in [0.05, 0.1) is 5.56 Å². The summed E-state index contributed by atoms with van der Waals surface area (Å²) in [5.74, 6) is -0.541. The van der Waals surface area contributed by atoms with Crippen molar-refractivity contribution < 1.29 is 9.18 Å². The second-order valence-electron chi connectivity index (χ2n) is 4.83. The standard InChI is InChI=1S/C14H16FN3O/c15-13-5-4-11(6-10(13)8-17)18-14(19)12-3-1-2-9(12)7-16/h4-6,9,12H,1-3,7,16H2,(H,18,19). The molecule has 19 heavy (non-hydrogen) atoms. The van der Waals surface area contributed by atoms with Crippen molar-refractivity contribution in [1.82, 2.24) is 0 Å². The Bertz CT molecular complexity index is 524. The van der Waals surface area contributed by atoms with Gasteiger partial charge in [0.25, 0.3) is 0 Å². The van der Waals surface area contributed by atoms with E-state index in [1.807, 2.05) is 0 Å². The zero-order valence-corrected chi connectivity index (χ0v) is 10.5. The van der Waals surface area contributed by atoms with E-state index < -0.39 is 5.82 Å². The second-order valence-corrected chi connectivity index (χ2v) is 4.83. The molecule has 1 amide bonds. The minimum Gasteiger partial charge on any atom is -0.330 e. The number of carbonyl (C=O) groups is 1. The van der Waals surface area contributed by atoms with Gasteiger partial charge in [0.1, 0.15) is 11.9 Å². The molecule has 4 nitrogen and oxygen atoms in total. The number of nitriles is 1. The van der Waals surface area contributed by atoms with Gasteiger partial charge in [-0.2, -0.15) is 5.26 Å². The van der Waals surface area contributed by atoms with Gasteiger partial charge in [-0.1, -0.05) is 6.42 Å². The molecule has 3 N–H and O–H groups in total. The van der Waals surface area contributed by atoms with Gasteiger partial charge >= 0.3 is 0 Å². The molecule has 0 bridgehead atoms. The van der Waals surface area contributed by atoms with Crippen LogP contribution in [0.15, 0.2) is 18.2 Å². The lowest BCUT2D eigenvalue weighted by molar-refractivity contribution is -0.120. The third-order valence-corrected chi connectivity index (χ3v) is 3.65. The monoisotopic (exact) mass is 261 g/mol. The number of carbonyl (C=O) groups excluding carboxylic acids is 1. The Morgan fingerprint density at radius 3 is 3.00 bits per heavy atom. The summed E-state index contributed by atoms with van der Waals surface area (Å²) in [5, 5.41) is 11.5. The fourth-order valence-electron chi connectivity index (χ4n) is 2.59. The summed E-state index contributed by atoms with van der Waals surface area (Å²) < 4.78 is 13.2. The van der Waals surface area contributed by atoms with Crippen LogP contribution >= 0.6 is 0 Å². The molecular weight excluding hydrogens is 245 g/mol. The molecule has 0 aliphatic heterocycles. The van der Waals surface area contributed by atoms with Crippen molar-refractivity contribution in [2.45, 2.75) is 19.3 Å². The van der Waals surface area contributed by atoms with Gasteiger partial charge in [-0.05, 0) is 43.5 Å². The van der Waals surface area contributed by atoms with E-state index in [1.54, 1.807) is 6.07 Å². The van der Waals surface area contributed by atoms with Gasteiger partial charge in [-0.15, -0.1) is 0 Å². The van der Waals surface area contributed by atoms with Crippen LogP contribution in [0, 0.1) is 29.0 Å². The van der Waals surface area contributed by atoms with E-state index in [2.05, 4.69) is 5.32 Å². The molecule has 1 aliphatic rings. The number of nitrogens with one attached hydrogen (secondary N) is 1. The molecule has 0 heterocycles. The summed E-state index contributed by atoms with van der Waals surface area (Å²) in [5.41, 5.74) is 6.03. The van der Waals surface area contributed by atoms with E-state index in [1.165, 1.54) is 18.2 Å². The predicted molar refractivity (Wildman–Crippen MR) is 69.6 cm³/mol. The summed E-state index contributed by atoms with van der Waals surface area (Å²) in [6, 6.07) is 5.74. The van der Waals surface area contributed by atoms with Crippen molar-refractivity contribution in [1.29, 1.82) is 5.26 Å². The molecule has 100 valence electrons. The molecule has 1 aromatic rings. The Balaban J connectivity index is 2.09. The first-order valence-electron chi connectivity index (χ1n) is 6.36. The van der Waals surface area contributed by atoms with E-state index in [9.17, 15) is 9.18 Å². The number of hydrogen-bond acceptors (Lipinski definition) is 3. The molecule has 2 atom stereocenters. The molecule has 5 heteroatoms. The summed E-state index contributed by atoms with van der Waals surface area (Å²) in [4.78, 5) is 12.1. The third-order valence-electron chi connectivity index (χ3n) is 3.65. The number of hydrogen-bond donors (Lipinski definition) is 2. The van der Waals surface area contributed by atoms with E-state index in [4.69, 9.17) is 11.0 Å². The molecule has 1 saturated carbocycles. The lowest BCUT2D eigenvalue weighted by Gasteiger charge is -2.17. The fraction of sp³-hybridized carbons (Fsp3) is 0.429. The van der Waals surface area contributed by atoms with Crippen LogP contribution in [0.25, 0.3) is 0 Å². The summed E-state index contributed by atoms with van der Waals surface area (Å²) in [6.07, 6.45) is 2.81. The van der Waals surface area contributed by atoms with Gasteiger partial charge in [0.2, 0.25) is 5.91 Å². The maximum atomic E-state index is 13.2. The molecule has 0 aromatic heterocycles. The second kappa shape index (κ2) is 5.81. The largest absolute Gasteiger partial charge is 0.330 e. The van der Waals surface area contributed by atoms with Crippen LogP contribution in [0.5, 0.6) is 0 Å². The van der Waals surface area contributed by atoms with Crippen molar-refractivity contribution in [2.75, 3.05) is 11.9 Å². The van der Waals surface area contributed by atoms with E-state index in [0.717, 1.165) is 19.3 Å². The van der Waals surface area contributed by atoms with Gasteiger partial charge in [-0.3, -0.25) is 4.79 Å². The van der Waals surface area contributed by atoms with Crippen LogP contribution in [0.3, 0.4) is 0 Å². The highest BCUT2D eigenvalue weighted by atomic mass is 19.1. The molecule has 0 saturated heterocycles. The normalized spacial score (nSPS) is 21.9. The number of benzene rings is 1. The Hall–Kier alpha value is -1.93. The highest BCUT2D eigenvalue weighted by Gasteiger charge is 2.31. The highest BCUT2D eigenvalue weighted by Crippen LogP contribution is 2.31. The van der Waals surface area contributed by atoms with Crippen molar-refractivity contribution in [3.8, 4) is 6.07 Å². The number of nitrogens with zero attached hydrogens (tertiary/aromatic N) is 1. The topological polar surface area (TPSA) is 78.9 Å². The van der Waals surface area contributed by atoms with Crippen LogP contribution in [0.1, 0.15) is 24.8 Å². The minimum atomic E-state index is -0.582. The van der Waals surface area contributed by atoms with Crippen LogP contribution in [-0.4, -0.2) is 12.5 Å². The van der Waals surface area contributed by atoms with Gasteiger partial charge < -0.3 is 11.1 Å². The van der Waals surface area contributed by atoms with Gasteiger partial charge in [0.15, 0.2) is 0 Å². The quantitative estimate of drug-likeness (QED) is 0.873. The number of anilines is 1. The molecule has 0 radical (unpaired) electrons. The lowest BCUT2D eigenvalue weighted by Crippen LogP contribution is -2.29. The summed E-state index contributed by atoms with van der Waals surface area (Å²) >= 11 is 0. The zero-order chi connectivity index (χ0) is 13.8. The number of rotatable bonds is 3. The minimum absolute atomic E-state index is 0.0698. The first kappa shape index (κ1) is 13.5. The van der Waals surface area contributed by atoms with Crippen LogP contribution < -0.4 is 11.1 Å². The SMILES string of the molecule is N#Cc1cc(NC(=O)C2CCCC2CN)ccc1F. The third kappa shape index (κ3) is 2.91. The molecule has 2 rings (SSSR count). The number of halogens is 1. The van der Waals surface area contributed by atoms with E-state index in [-0.39, 0.29) is 23.3 Å². The maximum absolute atomic E-state index is 13.2. The first-order chi connectivity index (χ1) is 9.15. The lowest BCUT2D eigenvalue weighted by atomic mass is 9.95. The summed E-state index contributed by atoms with van der Waals surface area (Å²) in [6.45, 7) is 0.505. The van der Waals surface area contributed by atoms with E-state index >= 15 is 0 Å². The van der Waals surface area contributed by atoms with Crippen LogP contribution in [0.2, 0.25) is 0 Å². The average molecular weight is 261 g/mol. The van der Waals surface area contributed by atoms with E-state index in [0.29, 0.717) is 12.2 Å². The van der Waals surface area contributed by atoms with Crippen molar-refractivity contribution >= 4 is 11.6 Å². The summed E-state index contributed by atoms with van der Waals surface area (Å²) in [7, 11) is 0. The van der Waals surface area contributed by atoms with Crippen LogP contribution in [-0.2, 0) is 4.79 Å². The highest BCUT2D eigenvalue weighted by molar-refractivity contribution is 5.93. The molecule has 1 aliphatic carbocycles. The molecular formula is C14H16FN3O. The average Bonchev–Trinajstić information content (AvgIpc) is 2.89. The zero-order valence-electron chi connectivity index (χ0n) is 10.5. The molecule has 1 fully saturated rings. The number of amides is 1. The Morgan fingerprint density at radius 1 is 1.53 bits per heavy atom. The predicted octanol–water partition coefficient (Wildman–Crippen LogP) is 2.01. The maximum Gasteiger partial charge on any atom is 0.227 e. The van der Waals surface area contributed by atoms with Crippen LogP contribution in [0.4, 0.5) is 10.1 Å². The van der Waals surface area contributed by atoms with Crippen molar-refractivity contribution in [3.63, 3.8) is 0 Å². The first-order valence-corrected chi connectivity index (χ1v) is 6.36. The number of nitrogens with two attached hydrogens (primary N) is 1. The Labute approximate surface area is 111 Å². The fourth-order valence-corrected chi connectivity index (χ4v) is 2.59. The van der Waals surface area contributed by atoms with Gasteiger partial charge in [0, 0.05) is 11.6 Å². The van der Waals surface area contributed by atoms with Crippen molar-refractivity contribution in [2.24, 2.45) is 17.6 Å². The molecule has 0 spiro atoms. The Kier molecular flexibility index (Phi) is 4.13. The molecule has 1 aromatic carbocycles. The Morgan fingerprint density at radius 2 is 2.32 bits per heavy atom. The molecule has 2 unspecified atom stereocenters.